The smallest absolute Gasteiger partial charge is 0.335 e. The van der Waals surface area contributed by atoms with Gasteiger partial charge in [-0.25, -0.2) is 22.5 Å². The third-order valence-electron chi connectivity index (χ3n) is 6.31. The van der Waals surface area contributed by atoms with Crippen LogP contribution < -0.4 is 4.31 Å². The van der Waals surface area contributed by atoms with Gasteiger partial charge in [0.25, 0.3) is 10.0 Å². The molecule has 34 heavy (non-hydrogen) atoms. The van der Waals surface area contributed by atoms with Crippen LogP contribution in [-0.4, -0.2) is 24.5 Å². The molecule has 0 atom stereocenters. The molecule has 1 fully saturated rings. The monoisotopic (exact) mass is 472 g/mol. The van der Waals surface area contributed by atoms with E-state index in [0.717, 1.165) is 21.9 Å². The lowest BCUT2D eigenvalue weighted by molar-refractivity contribution is 0.0696. The van der Waals surface area contributed by atoms with Crippen LogP contribution in [0.3, 0.4) is 0 Å². The van der Waals surface area contributed by atoms with E-state index in [1.165, 1.54) is 47.0 Å². The Kier molecular flexibility index (Phi) is 5.57. The standard InChI is InChI=1S/C27H24N2O4S/c1-18-25-5-3-2-4-23(25)16-28-26(18)29(17-19-6-8-20(9-7-19)21-10-11-21)34(32,33)24-14-12-22(13-15-24)27(30)31/h2-9,12-16,21H,10-11,17H2,1H3,(H,30,31). The minimum Gasteiger partial charge on any atom is -0.478 e. The Balaban J connectivity index is 1.60. The van der Waals surface area contributed by atoms with Crippen LogP contribution in [0.1, 0.15) is 45.8 Å². The third kappa shape index (κ3) is 4.15. The lowest BCUT2D eigenvalue weighted by Crippen LogP contribution is -2.32. The van der Waals surface area contributed by atoms with Crippen LogP contribution in [0.4, 0.5) is 5.82 Å². The van der Waals surface area contributed by atoms with Crippen LogP contribution in [0.25, 0.3) is 10.8 Å². The molecule has 7 heteroatoms. The largest absolute Gasteiger partial charge is 0.478 e. The van der Waals surface area contributed by atoms with Gasteiger partial charge < -0.3 is 5.11 Å². The van der Waals surface area contributed by atoms with Gasteiger partial charge in [-0.2, -0.15) is 0 Å². The number of hydrogen-bond acceptors (Lipinski definition) is 4. The number of aryl methyl sites for hydroxylation is 1. The zero-order chi connectivity index (χ0) is 23.9. The molecule has 0 amide bonds. The fourth-order valence-corrected chi connectivity index (χ4v) is 5.66. The number of sulfonamides is 1. The van der Waals surface area contributed by atoms with Gasteiger partial charge in [-0.3, -0.25) is 0 Å². The molecule has 0 unspecified atom stereocenters. The van der Waals surface area contributed by atoms with Crippen molar-refractivity contribution in [3.8, 4) is 0 Å². The van der Waals surface area contributed by atoms with Gasteiger partial charge in [0, 0.05) is 17.1 Å². The van der Waals surface area contributed by atoms with Crippen LogP contribution in [0.15, 0.2) is 83.9 Å². The van der Waals surface area contributed by atoms with Gasteiger partial charge in [0.05, 0.1) is 17.0 Å². The first-order valence-corrected chi connectivity index (χ1v) is 12.6. The minimum atomic E-state index is -4.02. The van der Waals surface area contributed by atoms with Crippen molar-refractivity contribution in [2.75, 3.05) is 4.31 Å². The van der Waals surface area contributed by atoms with E-state index in [-0.39, 0.29) is 17.0 Å². The number of rotatable bonds is 7. The number of carboxylic acids is 1. The van der Waals surface area contributed by atoms with Crippen molar-refractivity contribution in [2.24, 2.45) is 0 Å². The molecular weight excluding hydrogens is 448 g/mol. The van der Waals surface area contributed by atoms with Crippen molar-refractivity contribution < 1.29 is 18.3 Å². The number of carboxylic acid groups (broad SMARTS) is 1. The molecule has 1 aromatic heterocycles. The third-order valence-corrected chi connectivity index (χ3v) is 8.06. The lowest BCUT2D eigenvalue weighted by Gasteiger charge is -2.26. The highest BCUT2D eigenvalue weighted by molar-refractivity contribution is 7.92. The Bertz CT molecular complexity index is 1480. The first-order valence-electron chi connectivity index (χ1n) is 11.1. The Morgan fingerprint density at radius 2 is 1.68 bits per heavy atom. The van der Waals surface area contributed by atoms with E-state index in [2.05, 4.69) is 17.1 Å². The van der Waals surface area contributed by atoms with Crippen molar-refractivity contribution in [2.45, 2.75) is 37.1 Å². The second kappa shape index (κ2) is 8.57. The summed E-state index contributed by atoms with van der Waals surface area (Å²) < 4.78 is 29.0. The molecule has 6 nitrogen and oxygen atoms in total. The summed E-state index contributed by atoms with van der Waals surface area (Å²) in [5.41, 5.74) is 2.92. The number of hydrogen-bond donors (Lipinski definition) is 1. The normalized spacial score (nSPS) is 13.7. The maximum atomic E-state index is 13.8. The Labute approximate surface area is 198 Å². The number of pyridine rings is 1. The predicted molar refractivity (Wildman–Crippen MR) is 132 cm³/mol. The molecule has 3 aromatic carbocycles. The predicted octanol–water partition coefficient (Wildman–Crippen LogP) is 5.51. The van der Waals surface area contributed by atoms with Crippen molar-refractivity contribution in [3.05, 3.63) is 101 Å². The van der Waals surface area contributed by atoms with Crippen molar-refractivity contribution in [3.63, 3.8) is 0 Å². The van der Waals surface area contributed by atoms with Gasteiger partial charge in [0.2, 0.25) is 0 Å². The second-order valence-corrected chi connectivity index (χ2v) is 10.5. The van der Waals surface area contributed by atoms with E-state index in [1.54, 1.807) is 6.20 Å². The number of fused-ring (bicyclic) bond motifs is 1. The van der Waals surface area contributed by atoms with E-state index < -0.39 is 16.0 Å². The number of aromatic nitrogens is 1. The molecule has 0 aliphatic heterocycles. The lowest BCUT2D eigenvalue weighted by atomic mass is 10.1. The number of aromatic carboxylic acids is 1. The molecule has 0 saturated heterocycles. The average Bonchev–Trinajstić information content (AvgIpc) is 3.69. The molecular formula is C27H24N2O4S. The van der Waals surface area contributed by atoms with Crippen molar-refractivity contribution in [1.82, 2.24) is 4.98 Å². The topological polar surface area (TPSA) is 87.6 Å². The zero-order valence-electron chi connectivity index (χ0n) is 18.7. The summed E-state index contributed by atoms with van der Waals surface area (Å²) in [7, 11) is -4.02. The van der Waals surface area contributed by atoms with E-state index in [9.17, 15) is 18.3 Å². The number of benzene rings is 3. The molecule has 1 aliphatic rings. The summed E-state index contributed by atoms with van der Waals surface area (Å²) >= 11 is 0. The fourth-order valence-electron chi connectivity index (χ4n) is 4.20. The highest BCUT2D eigenvalue weighted by Crippen LogP contribution is 2.40. The van der Waals surface area contributed by atoms with Crippen molar-refractivity contribution in [1.29, 1.82) is 0 Å². The van der Waals surface area contributed by atoms with E-state index in [4.69, 9.17) is 0 Å². The van der Waals surface area contributed by atoms with Gasteiger partial charge in [-0.1, -0.05) is 48.5 Å². The Morgan fingerprint density at radius 3 is 2.32 bits per heavy atom. The average molecular weight is 473 g/mol. The first kappa shape index (κ1) is 22.1. The zero-order valence-corrected chi connectivity index (χ0v) is 19.5. The fraction of sp³-hybridized carbons (Fsp3) is 0.185. The molecule has 1 aliphatic carbocycles. The second-order valence-electron chi connectivity index (χ2n) is 8.65. The molecule has 5 rings (SSSR count). The molecule has 1 heterocycles. The van der Waals surface area contributed by atoms with Gasteiger partial charge in [0.1, 0.15) is 5.82 Å². The Hall–Kier alpha value is -3.71. The van der Waals surface area contributed by atoms with Gasteiger partial charge >= 0.3 is 5.97 Å². The summed E-state index contributed by atoms with van der Waals surface area (Å²) in [6.45, 7) is 1.98. The van der Waals surface area contributed by atoms with E-state index in [1.807, 2.05) is 43.3 Å². The molecule has 4 aromatic rings. The molecule has 1 N–H and O–H groups in total. The van der Waals surface area contributed by atoms with Crippen LogP contribution in [0, 0.1) is 6.92 Å². The quantitative estimate of drug-likeness (QED) is 0.383. The molecule has 0 radical (unpaired) electrons. The van der Waals surface area contributed by atoms with Gasteiger partial charge in [-0.15, -0.1) is 0 Å². The van der Waals surface area contributed by atoms with E-state index in [0.29, 0.717) is 11.7 Å². The highest BCUT2D eigenvalue weighted by Gasteiger charge is 2.29. The minimum absolute atomic E-state index is 0.0152. The van der Waals surface area contributed by atoms with Crippen LogP contribution in [0.2, 0.25) is 0 Å². The van der Waals surface area contributed by atoms with Crippen molar-refractivity contribution >= 4 is 32.6 Å². The van der Waals surface area contributed by atoms with E-state index >= 15 is 0 Å². The number of nitrogens with zero attached hydrogens (tertiary/aromatic N) is 2. The first-order chi connectivity index (χ1) is 16.3. The molecule has 1 saturated carbocycles. The SMILES string of the molecule is Cc1c(N(Cc2ccc(C3CC3)cc2)S(=O)(=O)c2ccc(C(=O)O)cc2)ncc2ccccc12. The van der Waals surface area contributed by atoms with Crippen LogP contribution in [0.5, 0.6) is 0 Å². The summed E-state index contributed by atoms with van der Waals surface area (Å²) in [5, 5.41) is 11.1. The number of carbonyl (C=O) groups is 1. The summed E-state index contributed by atoms with van der Waals surface area (Å²) in [6.07, 6.45) is 4.09. The highest BCUT2D eigenvalue weighted by atomic mass is 32.2. The molecule has 0 spiro atoms. The maximum Gasteiger partial charge on any atom is 0.335 e. The maximum absolute atomic E-state index is 13.8. The van der Waals surface area contributed by atoms with Crippen LogP contribution in [-0.2, 0) is 16.6 Å². The molecule has 0 bridgehead atoms. The summed E-state index contributed by atoms with van der Waals surface area (Å²) in [6, 6.07) is 21.1. The van der Waals surface area contributed by atoms with Gasteiger partial charge in [-0.05, 0) is 66.5 Å². The Morgan fingerprint density at radius 1 is 1.00 bits per heavy atom. The molecule has 172 valence electrons. The number of anilines is 1. The summed E-state index contributed by atoms with van der Waals surface area (Å²) in [4.78, 5) is 15.8. The van der Waals surface area contributed by atoms with Gasteiger partial charge in [0.15, 0.2) is 0 Å². The van der Waals surface area contributed by atoms with Crippen LogP contribution >= 0.6 is 0 Å². The summed E-state index contributed by atoms with van der Waals surface area (Å²) in [5.74, 6) is -0.137.